The van der Waals surface area contributed by atoms with E-state index < -0.39 is 5.97 Å². The second-order valence-corrected chi connectivity index (χ2v) is 3.83. The Hall–Kier alpha value is -0.680. The summed E-state index contributed by atoms with van der Waals surface area (Å²) < 4.78 is 10.4. The molecule has 0 saturated heterocycles. The second kappa shape index (κ2) is 4.70. The van der Waals surface area contributed by atoms with E-state index in [1.54, 1.807) is 12.1 Å². The van der Waals surface area contributed by atoms with Crippen molar-refractivity contribution in [2.75, 3.05) is 14.2 Å². The molecule has 1 aromatic rings. The SMILES string of the molecule is COC(=O)c1cc(S)c(Br)cc1OC. The molecule has 0 saturated carbocycles. The number of methoxy groups -OCH3 is 2. The fourth-order valence-electron chi connectivity index (χ4n) is 0.982. The maximum Gasteiger partial charge on any atom is 0.341 e. The lowest BCUT2D eigenvalue weighted by Crippen LogP contribution is -2.04. The second-order valence-electron chi connectivity index (χ2n) is 2.50. The van der Waals surface area contributed by atoms with Crippen LogP contribution < -0.4 is 4.74 Å². The monoisotopic (exact) mass is 276 g/mol. The number of hydrogen-bond acceptors (Lipinski definition) is 4. The van der Waals surface area contributed by atoms with Crippen LogP contribution in [0.25, 0.3) is 0 Å². The van der Waals surface area contributed by atoms with Crippen LogP contribution >= 0.6 is 28.6 Å². The van der Waals surface area contributed by atoms with Crippen molar-refractivity contribution in [3.63, 3.8) is 0 Å². The lowest BCUT2D eigenvalue weighted by Gasteiger charge is -2.08. The Morgan fingerprint density at radius 2 is 2.07 bits per heavy atom. The third-order valence-corrected chi connectivity index (χ3v) is 3.01. The van der Waals surface area contributed by atoms with Gasteiger partial charge < -0.3 is 9.47 Å². The van der Waals surface area contributed by atoms with E-state index in [1.165, 1.54) is 14.2 Å². The van der Waals surface area contributed by atoms with Gasteiger partial charge in [-0.1, -0.05) is 0 Å². The van der Waals surface area contributed by atoms with E-state index in [9.17, 15) is 4.79 Å². The molecule has 0 aromatic heterocycles. The van der Waals surface area contributed by atoms with E-state index >= 15 is 0 Å². The molecule has 76 valence electrons. The number of benzene rings is 1. The normalized spacial score (nSPS) is 9.71. The van der Waals surface area contributed by atoms with Crippen LogP contribution in [0.1, 0.15) is 10.4 Å². The maximum atomic E-state index is 11.3. The maximum absolute atomic E-state index is 11.3. The van der Waals surface area contributed by atoms with Gasteiger partial charge in [-0.05, 0) is 28.1 Å². The quantitative estimate of drug-likeness (QED) is 0.666. The fourth-order valence-corrected chi connectivity index (χ4v) is 1.50. The minimum atomic E-state index is -0.440. The van der Waals surface area contributed by atoms with Crippen LogP contribution in [0.2, 0.25) is 0 Å². The molecule has 0 amide bonds. The molecule has 0 heterocycles. The summed E-state index contributed by atoms with van der Waals surface area (Å²) in [6, 6.07) is 3.27. The largest absolute Gasteiger partial charge is 0.496 e. The molecule has 0 aliphatic rings. The molecule has 0 aliphatic carbocycles. The molecule has 0 fully saturated rings. The highest BCUT2D eigenvalue weighted by atomic mass is 79.9. The molecule has 0 aliphatic heterocycles. The summed E-state index contributed by atoms with van der Waals surface area (Å²) in [6.45, 7) is 0. The molecule has 0 N–H and O–H groups in total. The van der Waals surface area contributed by atoms with Crippen LogP contribution in [0.4, 0.5) is 0 Å². The number of thiol groups is 1. The van der Waals surface area contributed by atoms with Crippen molar-refractivity contribution in [3.8, 4) is 5.75 Å². The van der Waals surface area contributed by atoms with E-state index in [4.69, 9.17) is 4.74 Å². The molecule has 0 unspecified atom stereocenters. The van der Waals surface area contributed by atoms with Gasteiger partial charge in [0.25, 0.3) is 0 Å². The van der Waals surface area contributed by atoms with E-state index in [2.05, 4.69) is 33.3 Å². The minimum absolute atomic E-state index is 0.364. The van der Waals surface area contributed by atoms with Gasteiger partial charge in [0.2, 0.25) is 0 Å². The smallest absolute Gasteiger partial charge is 0.341 e. The zero-order chi connectivity index (χ0) is 10.7. The number of ether oxygens (including phenoxy) is 2. The van der Waals surface area contributed by atoms with Crippen molar-refractivity contribution in [2.24, 2.45) is 0 Å². The molecule has 0 spiro atoms. The lowest BCUT2D eigenvalue weighted by atomic mass is 10.2. The van der Waals surface area contributed by atoms with Crippen molar-refractivity contribution < 1.29 is 14.3 Å². The van der Waals surface area contributed by atoms with Crippen LogP contribution in [0.3, 0.4) is 0 Å². The number of esters is 1. The Kier molecular flexibility index (Phi) is 3.83. The molecule has 14 heavy (non-hydrogen) atoms. The zero-order valence-corrected chi connectivity index (χ0v) is 10.2. The molecule has 3 nitrogen and oxygen atoms in total. The number of hydrogen-bond donors (Lipinski definition) is 1. The van der Waals surface area contributed by atoms with Gasteiger partial charge in [0.15, 0.2) is 0 Å². The first kappa shape index (κ1) is 11.4. The average Bonchev–Trinajstić information content (AvgIpc) is 2.20. The summed E-state index contributed by atoms with van der Waals surface area (Å²) in [5.41, 5.74) is 0.364. The van der Waals surface area contributed by atoms with Crippen molar-refractivity contribution in [3.05, 3.63) is 22.2 Å². The summed E-state index contributed by atoms with van der Waals surface area (Å²) in [6.07, 6.45) is 0. The van der Waals surface area contributed by atoms with E-state index in [-0.39, 0.29) is 0 Å². The Labute approximate surface area is 95.9 Å². The van der Waals surface area contributed by atoms with Gasteiger partial charge in [0, 0.05) is 9.37 Å². The standard InChI is InChI=1S/C9H9BrO3S/c1-12-7-4-6(10)8(14)3-5(7)9(11)13-2/h3-4,14H,1-2H3. The first-order valence-corrected chi connectivity index (χ1v) is 4.99. The van der Waals surface area contributed by atoms with Crippen molar-refractivity contribution >= 4 is 34.5 Å². The summed E-state index contributed by atoms with van der Waals surface area (Å²) >= 11 is 7.46. The predicted octanol–water partition coefficient (Wildman–Crippen LogP) is 2.53. The third-order valence-electron chi connectivity index (χ3n) is 1.67. The number of rotatable bonds is 2. The van der Waals surface area contributed by atoms with Crippen LogP contribution in [0.15, 0.2) is 21.5 Å². The third kappa shape index (κ3) is 2.22. The average molecular weight is 277 g/mol. The number of halogens is 1. The van der Waals surface area contributed by atoms with Gasteiger partial charge in [-0.3, -0.25) is 0 Å². The Balaban J connectivity index is 3.27. The topological polar surface area (TPSA) is 35.5 Å². The minimum Gasteiger partial charge on any atom is -0.496 e. The van der Waals surface area contributed by atoms with Crippen molar-refractivity contribution in [2.45, 2.75) is 4.90 Å². The highest BCUT2D eigenvalue weighted by Crippen LogP contribution is 2.30. The summed E-state index contributed by atoms with van der Waals surface area (Å²) in [7, 11) is 2.81. The van der Waals surface area contributed by atoms with Gasteiger partial charge in [-0.2, -0.15) is 0 Å². The number of carbonyl (C=O) groups excluding carboxylic acids is 1. The van der Waals surface area contributed by atoms with Crippen molar-refractivity contribution in [1.29, 1.82) is 0 Å². The molecular formula is C9H9BrO3S. The van der Waals surface area contributed by atoms with Crippen molar-refractivity contribution in [1.82, 2.24) is 0 Å². The summed E-state index contributed by atoms with van der Waals surface area (Å²) in [5, 5.41) is 0. The molecule has 0 radical (unpaired) electrons. The van der Waals surface area contributed by atoms with Crippen LogP contribution in [0, 0.1) is 0 Å². The van der Waals surface area contributed by atoms with Crippen LogP contribution in [0.5, 0.6) is 5.75 Å². The Morgan fingerprint density at radius 1 is 1.43 bits per heavy atom. The lowest BCUT2D eigenvalue weighted by molar-refractivity contribution is 0.0596. The molecule has 0 atom stereocenters. The fraction of sp³-hybridized carbons (Fsp3) is 0.222. The Morgan fingerprint density at radius 3 is 2.57 bits per heavy atom. The van der Waals surface area contributed by atoms with E-state index in [1.807, 2.05) is 0 Å². The molecular weight excluding hydrogens is 268 g/mol. The van der Waals surface area contributed by atoms with Gasteiger partial charge >= 0.3 is 5.97 Å². The van der Waals surface area contributed by atoms with Gasteiger partial charge in [-0.15, -0.1) is 12.6 Å². The van der Waals surface area contributed by atoms with E-state index in [0.29, 0.717) is 16.2 Å². The molecule has 0 bridgehead atoms. The van der Waals surface area contributed by atoms with Crippen LogP contribution in [-0.4, -0.2) is 20.2 Å². The summed E-state index contributed by atoms with van der Waals surface area (Å²) in [4.78, 5) is 12.0. The summed E-state index contributed by atoms with van der Waals surface area (Å²) in [5.74, 6) is 0.0196. The first-order chi connectivity index (χ1) is 6.60. The van der Waals surface area contributed by atoms with Crippen LogP contribution in [-0.2, 0) is 4.74 Å². The van der Waals surface area contributed by atoms with E-state index in [0.717, 1.165) is 4.47 Å². The number of carbonyl (C=O) groups is 1. The first-order valence-electron chi connectivity index (χ1n) is 3.75. The van der Waals surface area contributed by atoms with Gasteiger partial charge in [-0.25, -0.2) is 4.79 Å². The van der Waals surface area contributed by atoms with Gasteiger partial charge in [0.1, 0.15) is 11.3 Å². The molecule has 1 aromatic carbocycles. The highest BCUT2D eigenvalue weighted by Gasteiger charge is 2.14. The highest BCUT2D eigenvalue weighted by molar-refractivity contribution is 9.10. The van der Waals surface area contributed by atoms with Gasteiger partial charge in [0.05, 0.1) is 14.2 Å². The predicted molar refractivity (Wildman–Crippen MR) is 59.3 cm³/mol. The zero-order valence-electron chi connectivity index (χ0n) is 7.70. The molecule has 5 heteroatoms. The molecule has 1 rings (SSSR count). The Bertz CT molecular complexity index is 365.